The van der Waals surface area contributed by atoms with E-state index in [9.17, 15) is 4.79 Å². The Bertz CT molecular complexity index is 967. The molecule has 0 saturated carbocycles. The summed E-state index contributed by atoms with van der Waals surface area (Å²) < 4.78 is 12.2. The van der Waals surface area contributed by atoms with Crippen LogP contribution in [0, 0.1) is 0 Å². The number of carbonyl (C=O) groups is 1. The standard InChI is InChI=1S/C19H19N5O3/c1-13(25)15-11-17(26-2)18(27-3)12-16(15)20-10-9-19-21-22-23-24(19)14-7-5-4-6-8-14/h4-12,20H,1-3H3/b10-9-. The maximum absolute atomic E-state index is 12.0. The molecule has 0 fully saturated rings. The second-order valence-corrected chi connectivity index (χ2v) is 5.57. The monoisotopic (exact) mass is 365 g/mol. The summed E-state index contributed by atoms with van der Waals surface area (Å²) in [6.45, 7) is 1.49. The molecular formula is C19H19N5O3. The van der Waals surface area contributed by atoms with E-state index >= 15 is 0 Å². The maximum atomic E-state index is 12.0. The fourth-order valence-electron chi connectivity index (χ4n) is 2.55. The topological polar surface area (TPSA) is 91.2 Å². The molecule has 0 unspecified atom stereocenters. The molecule has 0 aliphatic heterocycles. The normalized spacial score (nSPS) is 10.8. The van der Waals surface area contributed by atoms with E-state index < -0.39 is 0 Å². The van der Waals surface area contributed by atoms with Gasteiger partial charge in [0, 0.05) is 23.9 Å². The predicted molar refractivity (Wildman–Crippen MR) is 101 cm³/mol. The van der Waals surface area contributed by atoms with Gasteiger partial charge in [-0.2, -0.15) is 4.68 Å². The molecule has 3 aromatic rings. The summed E-state index contributed by atoms with van der Waals surface area (Å²) in [6, 6.07) is 12.9. The van der Waals surface area contributed by atoms with Crippen molar-refractivity contribution in [3.8, 4) is 17.2 Å². The Labute approximate surface area is 156 Å². The number of nitrogens with one attached hydrogen (secondary N) is 1. The van der Waals surface area contributed by atoms with Crippen molar-refractivity contribution in [2.75, 3.05) is 19.5 Å². The molecule has 0 saturated heterocycles. The third-order valence-electron chi connectivity index (χ3n) is 3.87. The number of hydrogen-bond acceptors (Lipinski definition) is 7. The Balaban J connectivity index is 1.87. The molecule has 1 heterocycles. The number of ketones is 1. The summed E-state index contributed by atoms with van der Waals surface area (Å²) in [4.78, 5) is 12.0. The lowest BCUT2D eigenvalue weighted by molar-refractivity contribution is 0.101. The molecule has 138 valence electrons. The number of benzene rings is 2. The predicted octanol–water partition coefficient (Wildman–Crippen LogP) is 2.96. The van der Waals surface area contributed by atoms with E-state index in [-0.39, 0.29) is 5.78 Å². The number of rotatable bonds is 7. The molecule has 8 nitrogen and oxygen atoms in total. The Hall–Kier alpha value is -3.68. The number of tetrazole rings is 1. The van der Waals surface area contributed by atoms with E-state index in [4.69, 9.17) is 9.47 Å². The second-order valence-electron chi connectivity index (χ2n) is 5.57. The average Bonchev–Trinajstić information content (AvgIpc) is 3.16. The maximum Gasteiger partial charge on any atom is 0.181 e. The highest BCUT2D eigenvalue weighted by atomic mass is 16.5. The third-order valence-corrected chi connectivity index (χ3v) is 3.87. The minimum Gasteiger partial charge on any atom is -0.493 e. The molecule has 0 aliphatic carbocycles. The van der Waals surface area contributed by atoms with Crippen molar-refractivity contribution < 1.29 is 14.3 Å². The zero-order chi connectivity index (χ0) is 19.2. The van der Waals surface area contributed by atoms with Gasteiger partial charge < -0.3 is 14.8 Å². The SMILES string of the molecule is COc1cc(N/C=C\c2nnnn2-c2ccccc2)c(C(C)=O)cc1OC. The molecule has 1 N–H and O–H groups in total. The van der Waals surface area contributed by atoms with E-state index in [1.165, 1.54) is 14.0 Å². The Morgan fingerprint density at radius 1 is 1.11 bits per heavy atom. The van der Waals surface area contributed by atoms with Crippen LogP contribution < -0.4 is 14.8 Å². The van der Waals surface area contributed by atoms with Gasteiger partial charge in [0.25, 0.3) is 0 Å². The van der Waals surface area contributed by atoms with E-state index in [1.54, 1.807) is 36.2 Å². The summed E-state index contributed by atoms with van der Waals surface area (Å²) in [6.07, 6.45) is 3.38. The Morgan fingerprint density at radius 3 is 2.48 bits per heavy atom. The largest absolute Gasteiger partial charge is 0.493 e. The number of ether oxygens (including phenoxy) is 2. The van der Waals surface area contributed by atoms with Crippen LogP contribution in [0.15, 0.2) is 48.7 Å². The number of para-hydroxylation sites is 1. The van der Waals surface area contributed by atoms with Crippen LogP contribution in [-0.4, -0.2) is 40.2 Å². The number of methoxy groups -OCH3 is 2. The molecule has 0 atom stereocenters. The number of Topliss-reactive ketones (excluding diaryl/α,β-unsaturated/α-hetero) is 1. The highest BCUT2D eigenvalue weighted by molar-refractivity contribution is 6.00. The number of aromatic nitrogens is 4. The molecule has 0 aliphatic rings. The van der Waals surface area contributed by atoms with Crippen LogP contribution in [0.25, 0.3) is 11.8 Å². The molecule has 27 heavy (non-hydrogen) atoms. The van der Waals surface area contributed by atoms with Gasteiger partial charge in [-0.1, -0.05) is 18.2 Å². The smallest absolute Gasteiger partial charge is 0.181 e. The fraction of sp³-hybridized carbons (Fsp3) is 0.158. The van der Waals surface area contributed by atoms with Crippen molar-refractivity contribution in [2.24, 2.45) is 0 Å². The molecule has 8 heteroatoms. The lowest BCUT2D eigenvalue weighted by Crippen LogP contribution is -2.03. The van der Waals surface area contributed by atoms with Crippen molar-refractivity contribution in [3.63, 3.8) is 0 Å². The number of hydrogen-bond donors (Lipinski definition) is 1. The summed E-state index contributed by atoms with van der Waals surface area (Å²) >= 11 is 0. The summed E-state index contributed by atoms with van der Waals surface area (Å²) in [5.41, 5.74) is 1.92. The van der Waals surface area contributed by atoms with Gasteiger partial charge in [-0.25, -0.2) is 0 Å². The van der Waals surface area contributed by atoms with Gasteiger partial charge in [0.1, 0.15) is 0 Å². The molecule has 3 rings (SSSR count). The van der Waals surface area contributed by atoms with E-state index in [0.717, 1.165) is 5.69 Å². The third kappa shape index (κ3) is 3.95. The van der Waals surface area contributed by atoms with Crippen LogP contribution >= 0.6 is 0 Å². The molecule has 0 amide bonds. The first-order valence-corrected chi connectivity index (χ1v) is 8.18. The van der Waals surface area contributed by atoms with Crippen LogP contribution in [0.3, 0.4) is 0 Å². The van der Waals surface area contributed by atoms with Crippen molar-refractivity contribution in [1.29, 1.82) is 0 Å². The lowest BCUT2D eigenvalue weighted by atomic mass is 10.1. The van der Waals surface area contributed by atoms with Crippen LogP contribution in [0.2, 0.25) is 0 Å². The van der Waals surface area contributed by atoms with Gasteiger partial charge in [0.2, 0.25) is 0 Å². The fourth-order valence-corrected chi connectivity index (χ4v) is 2.55. The van der Waals surface area contributed by atoms with Crippen LogP contribution in [0.1, 0.15) is 23.1 Å². The van der Waals surface area contributed by atoms with E-state index in [2.05, 4.69) is 20.8 Å². The molecule has 0 radical (unpaired) electrons. The molecule has 0 bridgehead atoms. The minimum atomic E-state index is -0.0963. The first kappa shape index (κ1) is 18.1. The van der Waals surface area contributed by atoms with Crippen molar-refractivity contribution in [2.45, 2.75) is 6.92 Å². The van der Waals surface area contributed by atoms with E-state index in [0.29, 0.717) is 28.6 Å². The second kappa shape index (κ2) is 8.13. The quantitative estimate of drug-likeness (QED) is 0.644. The zero-order valence-electron chi connectivity index (χ0n) is 15.2. The van der Waals surface area contributed by atoms with Gasteiger partial charge in [0.05, 0.1) is 25.6 Å². The number of carbonyl (C=O) groups excluding carboxylic acids is 1. The Morgan fingerprint density at radius 2 is 1.81 bits per heavy atom. The van der Waals surface area contributed by atoms with Crippen molar-refractivity contribution in [1.82, 2.24) is 20.2 Å². The van der Waals surface area contributed by atoms with Crippen molar-refractivity contribution in [3.05, 3.63) is 60.1 Å². The van der Waals surface area contributed by atoms with Gasteiger partial charge in [0.15, 0.2) is 23.1 Å². The van der Waals surface area contributed by atoms with E-state index in [1.807, 2.05) is 30.3 Å². The summed E-state index contributed by atoms with van der Waals surface area (Å²) in [7, 11) is 3.07. The average molecular weight is 365 g/mol. The zero-order valence-corrected chi connectivity index (χ0v) is 15.2. The van der Waals surface area contributed by atoms with Crippen molar-refractivity contribution >= 4 is 17.5 Å². The molecule has 2 aromatic carbocycles. The van der Waals surface area contributed by atoms with Gasteiger partial charge in [-0.15, -0.1) is 5.10 Å². The first-order chi connectivity index (χ1) is 13.1. The highest BCUT2D eigenvalue weighted by Crippen LogP contribution is 2.33. The molecule has 1 aromatic heterocycles. The first-order valence-electron chi connectivity index (χ1n) is 8.18. The van der Waals surface area contributed by atoms with Gasteiger partial charge in [-0.3, -0.25) is 4.79 Å². The highest BCUT2D eigenvalue weighted by Gasteiger charge is 2.13. The summed E-state index contributed by atoms with van der Waals surface area (Å²) in [5.74, 6) is 1.46. The lowest BCUT2D eigenvalue weighted by Gasteiger charge is -2.13. The molecular weight excluding hydrogens is 346 g/mol. The number of anilines is 1. The van der Waals surface area contributed by atoms with Gasteiger partial charge >= 0.3 is 0 Å². The number of nitrogens with zero attached hydrogens (tertiary/aromatic N) is 4. The van der Waals surface area contributed by atoms with Crippen LogP contribution in [-0.2, 0) is 0 Å². The minimum absolute atomic E-state index is 0.0963. The van der Waals surface area contributed by atoms with Crippen LogP contribution in [0.4, 0.5) is 5.69 Å². The Kier molecular flexibility index (Phi) is 5.46. The van der Waals surface area contributed by atoms with Gasteiger partial charge in [-0.05, 0) is 35.5 Å². The van der Waals surface area contributed by atoms with Crippen LogP contribution in [0.5, 0.6) is 11.5 Å². The molecule has 0 spiro atoms. The summed E-state index contributed by atoms with van der Waals surface area (Å²) in [5, 5.41) is 14.8.